The number of nitrogens with zero attached hydrogens (tertiary/aromatic N) is 3. The fourth-order valence-electron chi connectivity index (χ4n) is 6.03. The van der Waals surface area contributed by atoms with E-state index in [1.165, 1.54) is 21.2 Å². The maximum Gasteiger partial charge on any atom is 0.308 e. The topological polar surface area (TPSA) is 91.7 Å². The molecule has 2 unspecified atom stereocenters. The number of anilines is 3. The summed E-state index contributed by atoms with van der Waals surface area (Å²) >= 11 is 2.28. The zero-order valence-electron chi connectivity index (χ0n) is 25.1. The fourth-order valence-corrected chi connectivity index (χ4v) is 8.80. The average Bonchev–Trinajstić information content (AvgIpc) is 3.46. The smallest absolute Gasteiger partial charge is 0.308 e. The van der Waals surface area contributed by atoms with E-state index in [1.54, 1.807) is 12.1 Å². The largest absolute Gasteiger partial charge is 0.372 e. The summed E-state index contributed by atoms with van der Waals surface area (Å²) in [5.74, 6) is -2.11. The molecule has 0 bridgehead atoms. The van der Waals surface area contributed by atoms with Gasteiger partial charge in [0.1, 0.15) is 11.8 Å². The number of thioether (sulfide) groups is 1. The number of thiazole rings is 1. The lowest BCUT2D eigenvalue weighted by atomic mass is 9.83. The monoisotopic (exact) mass is 626 g/mol. The number of imide groups is 1. The lowest BCUT2D eigenvalue weighted by Crippen LogP contribution is -2.33. The van der Waals surface area contributed by atoms with Crippen molar-refractivity contribution in [2.24, 2.45) is 5.92 Å². The van der Waals surface area contributed by atoms with E-state index >= 15 is 0 Å². The molecular formula is C34H34N4O4S2. The van der Waals surface area contributed by atoms with Crippen molar-refractivity contribution < 1.29 is 14.4 Å². The van der Waals surface area contributed by atoms with Gasteiger partial charge in [0.2, 0.25) is 17.7 Å². The summed E-state index contributed by atoms with van der Waals surface area (Å²) in [6, 6.07) is 22.9. The number of rotatable bonds is 8. The van der Waals surface area contributed by atoms with E-state index in [0.29, 0.717) is 21.3 Å². The van der Waals surface area contributed by atoms with Crippen LogP contribution in [0.1, 0.15) is 41.3 Å². The van der Waals surface area contributed by atoms with Gasteiger partial charge in [-0.05, 0) is 69.7 Å². The molecule has 3 atom stereocenters. The van der Waals surface area contributed by atoms with Crippen LogP contribution in [-0.2, 0) is 20.9 Å². The number of aromatic nitrogens is 1. The maximum absolute atomic E-state index is 14.1. The molecule has 1 saturated heterocycles. The van der Waals surface area contributed by atoms with Crippen LogP contribution in [0.15, 0.2) is 82.6 Å². The Morgan fingerprint density at radius 2 is 1.45 bits per heavy atom. The van der Waals surface area contributed by atoms with Crippen molar-refractivity contribution >= 4 is 57.9 Å². The Kier molecular flexibility index (Phi) is 8.22. The van der Waals surface area contributed by atoms with Crippen LogP contribution in [0.4, 0.5) is 17.1 Å². The van der Waals surface area contributed by atoms with Gasteiger partial charge in [0.15, 0.2) is 0 Å². The Balaban J connectivity index is 1.41. The van der Waals surface area contributed by atoms with Crippen LogP contribution in [0, 0.1) is 19.8 Å². The summed E-state index contributed by atoms with van der Waals surface area (Å²) in [6.45, 7) is 9.65. The maximum atomic E-state index is 14.1. The summed E-state index contributed by atoms with van der Waals surface area (Å²) in [5.41, 5.74) is 5.21. The number of hydrogen-bond acceptors (Lipinski definition) is 7. The lowest BCUT2D eigenvalue weighted by Gasteiger charge is -2.31. The third kappa shape index (κ3) is 5.37. The van der Waals surface area contributed by atoms with Gasteiger partial charge in [-0.2, -0.15) is 0 Å². The predicted octanol–water partition coefficient (Wildman–Crippen LogP) is 5.81. The molecule has 226 valence electrons. The minimum atomic E-state index is -0.732. The van der Waals surface area contributed by atoms with Crippen LogP contribution in [0.5, 0.6) is 0 Å². The minimum absolute atomic E-state index is 0.194. The third-order valence-electron chi connectivity index (χ3n) is 8.36. The normalized spacial score (nSPS) is 19.1. The quantitative estimate of drug-likeness (QED) is 0.249. The zero-order chi connectivity index (χ0) is 31.1. The van der Waals surface area contributed by atoms with Crippen LogP contribution < -0.4 is 20.0 Å². The molecule has 2 aliphatic rings. The molecule has 8 nitrogen and oxygen atoms in total. The molecule has 3 heterocycles. The summed E-state index contributed by atoms with van der Waals surface area (Å²) in [5, 5.41) is 2.71. The molecule has 10 heteroatoms. The first-order valence-electron chi connectivity index (χ1n) is 14.8. The van der Waals surface area contributed by atoms with Crippen molar-refractivity contribution in [2.75, 3.05) is 28.2 Å². The third-order valence-corrected chi connectivity index (χ3v) is 11.0. The minimum Gasteiger partial charge on any atom is -0.372 e. The summed E-state index contributed by atoms with van der Waals surface area (Å²) in [6.07, 6.45) is 0. The number of carbonyl (C=O) groups is 3. The number of aryl methyl sites for hydroxylation is 2. The van der Waals surface area contributed by atoms with Gasteiger partial charge in [-0.15, -0.1) is 0 Å². The molecule has 1 aromatic heterocycles. The van der Waals surface area contributed by atoms with E-state index in [9.17, 15) is 19.2 Å². The van der Waals surface area contributed by atoms with Gasteiger partial charge in [-0.1, -0.05) is 70.6 Å². The number of amides is 3. The van der Waals surface area contributed by atoms with E-state index in [1.807, 2.05) is 74.5 Å². The van der Waals surface area contributed by atoms with Crippen molar-refractivity contribution in [3.63, 3.8) is 0 Å². The van der Waals surface area contributed by atoms with E-state index in [-0.39, 0.29) is 29.1 Å². The first kappa shape index (κ1) is 29.9. The Bertz CT molecular complexity index is 1770. The average molecular weight is 627 g/mol. The number of fused-ring (bicyclic) bond motifs is 2. The predicted molar refractivity (Wildman–Crippen MR) is 177 cm³/mol. The van der Waals surface area contributed by atoms with Crippen molar-refractivity contribution in [2.45, 2.75) is 50.4 Å². The van der Waals surface area contributed by atoms with Crippen molar-refractivity contribution in [1.82, 2.24) is 4.57 Å². The standard InChI is InChI=1S/C34H34N4O4S2/c1-5-36(6-2)24-17-11-22(12-18-24)27-28-29(32(41)38(31(28)40)25-15-9-21(4)10-16-25)43-33-30(27)44-34(42)37(33)19-26(39)35-23-13-7-20(3)8-14-23/h7-18,27-29H,5-6,19H2,1-4H3,(H,35,39)/t27-,28?,29?/m1/s1. The summed E-state index contributed by atoms with van der Waals surface area (Å²) in [4.78, 5) is 58.6. The van der Waals surface area contributed by atoms with E-state index in [4.69, 9.17) is 0 Å². The van der Waals surface area contributed by atoms with Crippen LogP contribution in [0.25, 0.3) is 0 Å². The molecule has 3 amide bonds. The van der Waals surface area contributed by atoms with Crippen LogP contribution in [0.3, 0.4) is 0 Å². The Morgan fingerprint density at radius 3 is 2.07 bits per heavy atom. The number of carbonyl (C=O) groups excluding carboxylic acids is 3. The highest BCUT2D eigenvalue weighted by molar-refractivity contribution is 8.00. The number of hydrogen-bond donors (Lipinski definition) is 1. The van der Waals surface area contributed by atoms with Gasteiger partial charge in [-0.25, -0.2) is 4.90 Å². The second-order valence-corrected chi connectivity index (χ2v) is 13.3. The number of nitrogens with one attached hydrogen (secondary N) is 1. The van der Waals surface area contributed by atoms with Gasteiger partial charge in [0, 0.05) is 35.3 Å². The second kappa shape index (κ2) is 12.1. The molecule has 1 N–H and O–H groups in total. The Labute approximate surface area is 264 Å². The molecule has 0 spiro atoms. The Morgan fingerprint density at radius 1 is 0.841 bits per heavy atom. The van der Waals surface area contributed by atoms with Crippen LogP contribution in [-0.4, -0.2) is 40.6 Å². The van der Waals surface area contributed by atoms with Crippen molar-refractivity contribution in [1.29, 1.82) is 0 Å². The van der Waals surface area contributed by atoms with E-state index in [2.05, 4.69) is 24.1 Å². The zero-order valence-corrected chi connectivity index (χ0v) is 26.7. The molecule has 0 radical (unpaired) electrons. The van der Waals surface area contributed by atoms with Crippen LogP contribution in [0.2, 0.25) is 0 Å². The lowest BCUT2D eigenvalue weighted by molar-refractivity contribution is -0.122. The van der Waals surface area contributed by atoms with E-state index in [0.717, 1.165) is 46.8 Å². The molecule has 2 aliphatic heterocycles. The highest BCUT2D eigenvalue weighted by Gasteiger charge is 2.56. The van der Waals surface area contributed by atoms with Gasteiger partial charge in [-0.3, -0.25) is 23.7 Å². The fraction of sp³-hybridized carbons (Fsp3) is 0.294. The number of benzene rings is 3. The van der Waals surface area contributed by atoms with Gasteiger partial charge < -0.3 is 10.2 Å². The molecule has 6 rings (SSSR count). The molecule has 3 aromatic carbocycles. The highest BCUT2D eigenvalue weighted by Crippen LogP contribution is 2.54. The first-order chi connectivity index (χ1) is 21.2. The van der Waals surface area contributed by atoms with Crippen molar-refractivity contribution in [3.05, 3.63) is 104 Å². The van der Waals surface area contributed by atoms with Crippen molar-refractivity contribution in [3.8, 4) is 0 Å². The summed E-state index contributed by atoms with van der Waals surface area (Å²) in [7, 11) is 0. The van der Waals surface area contributed by atoms with Gasteiger partial charge in [0.25, 0.3) is 0 Å². The molecule has 0 aliphatic carbocycles. The first-order valence-corrected chi connectivity index (χ1v) is 16.5. The molecule has 1 fully saturated rings. The van der Waals surface area contributed by atoms with Crippen LogP contribution >= 0.6 is 23.1 Å². The second-order valence-electron chi connectivity index (χ2n) is 11.2. The SMILES string of the molecule is CCN(CC)c1ccc([C@H]2c3sc(=O)n(CC(=O)Nc4ccc(C)cc4)c3SC3C(=O)N(c4ccc(C)cc4)C(=O)C32)cc1. The highest BCUT2D eigenvalue weighted by atomic mass is 32.2. The van der Waals surface area contributed by atoms with Gasteiger partial charge in [0.05, 0.1) is 16.6 Å². The molecule has 0 saturated carbocycles. The van der Waals surface area contributed by atoms with E-state index < -0.39 is 17.1 Å². The Hall–Kier alpha value is -4.15. The summed E-state index contributed by atoms with van der Waals surface area (Å²) < 4.78 is 1.45. The molecule has 44 heavy (non-hydrogen) atoms. The molecular weight excluding hydrogens is 593 g/mol. The molecule has 4 aromatic rings. The van der Waals surface area contributed by atoms with Gasteiger partial charge >= 0.3 is 4.87 Å².